The summed E-state index contributed by atoms with van der Waals surface area (Å²) in [5, 5.41) is 10.2. The van der Waals surface area contributed by atoms with E-state index in [1.54, 1.807) is 0 Å². The van der Waals surface area contributed by atoms with Crippen LogP contribution < -0.4 is 21.3 Å². The normalized spacial score (nSPS) is 17.8. The Balaban J connectivity index is 2.53. The Kier molecular flexibility index (Phi) is 13.5. The van der Waals surface area contributed by atoms with Crippen molar-refractivity contribution in [3.8, 4) is 0 Å². The van der Waals surface area contributed by atoms with Crippen LogP contribution in [0.15, 0.2) is 0 Å². The van der Waals surface area contributed by atoms with E-state index in [9.17, 15) is 24.0 Å². The molecule has 0 aromatic rings. The molecule has 214 valence electrons. The second kappa shape index (κ2) is 15.5. The monoisotopic (exact) mass is 539 g/mol. The predicted molar refractivity (Wildman–Crippen MR) is 139 cm³/mol. The molecule has 1 fully saturated rings. The highest BCUT2D eigenvalue weighted by Gasteiger charge is 2.35. The molecular formula is C24H42BN5O8. The van der Waals surface area contributed by atoms with E-state index in [-0.39, 0.29) is 50.0 Å². The van der Waals surface area contributed by atoms with Crippen molar-refractivity contribution in [3.05, 3.63) is 0 Å². The first-order valence-corrected chi connectivity index (χ1v) is 12.6. The van der Waals surface area contributed by atoms with E-state index in [2.05, 4.69) is 25.9 Å². The van der Waals surface area contributed by atoms with Crippen LogP contribution in [0.4, 0.5) is 4.79 Å². The van der Waals surface area contributed by atoms with Gasteiger partial charge in [0, 0.05) is 32.5 Å². The fraction of sp³-hybridized carbons (Fsp3) is 0.792. The van der Waals surface area contributed by atoms with Gasteiger partial charge in [0.2, 0.25) is 23.6 Å². The zero-order valence-corrected chi connectivity index (χ0v) is 23.3. The highest BCUT2D eigenvalue weighted by Crippen LogP contribution is 2.24. The maximum absolute atomic E-state index is 12.8. The Morgan fingerprint density at radius 3 is 2.16 bits per heavy atom. The standard InChI is InChI=1S/C24H42BN5O8/c1-16(31)27-13-19(32)29-14-20(33)28-12-18-11-17(7-9-30(18)22(35)38-25)21(34)26-8-10-36-24(5,6)15-37-23(2,3)4/h17-18H,7-15H2,1-6H3,(H,26,34)(H,27,31)(H,28,33)(H,29,32). The van der Waals surface area contributed by atoms with Crippen LogP contribution in [0, 0.1) is 5.92 Å². The quantitative estimate of drug-likeness (QED) is 0.178. The van der Waals surface area contributed by atoms with Gasteiger partial charge in [0.05, 0.1) is 43.5 Å². The second-order valence-corrected chi connectivity index (χ2v) is 10.7. The third kappa shape index (κ3) is 13.6. The molecule has 2 unspecified atom stereocenters. The number of nitrogens with zero attached hydrogens (tertiary/aromatic N) is 1. The SMILES string of the molecule is [B]OC(=O)N1CCC(C(=O)NCCOC(C)(C)COC(C)(C)C)CC1CNC(=O)CNC(=O)CNC(C)=O. The minimum absolute atomic E-state index is 0.0321. The van der Waals surface area contributed by atoms with Gasteiger partial charge >= 0.3 is 14.1 Å². The Morgan fingerprint density at radius 2 is 1.55 bits per heavy atom. The van der Waals surface area contributed by atoms with Crippen molar-refractivity contribution >= 4 is 37.8 Å². The van der Waals surface area contributed by atoms with E-state index in [4.69, 9.17) is 17.5 Å². The molecule has 14 heteroatoms. The zero-order chi connectivity index (χ0) is 28.9. The van der Waals surface area contributed by atoms with Gasteiger partial charge in [0.15, 0.2) is 0 Å². The Hall–Kier alpha value is -2.87. The Morgan fingerprint density at radius 1 is 0.921 bits per heavy atom. The summed E-state index contributed by atoms with van der Waals surface area (Å²) >= 11 is 0. The number of ether oxygens (including phenoxy) is 2. The first-order chi connectivity index (χ1) is 17.6. The lowest BCUT2D eigenvalue weighted by Gasteiger charge is -2.38. The summed E-state index contributed by atoms with van der Waals surface area (Å²) in [6, 6.07) is -0.542. The topological polar surface area (TPSA) is 164 Å². The number of likely N-dealkylation sites (tertiary alicyclic amines) is 1. The number of amides is 5. The molecule has 5 amide bonds. The van der Waals surface area contributed by atoms with E-state index >= 15 is 0 Å². The van der Waals surface area contributed by atoms with Gasteiger partial charge in [0.1, 0.15) is 0 Å². The Labute approximate surface area is 225 Å². The molecule has 0 spiro atoms. The van der Waals surface area contributed by atoms with Crippen LogP contribution in [0.3, 0.4) is 0 Å². The fourth-order valence-corrected chi connectivity index (χ4v) is 3.61. The minimum atomic E-state index is -0.764. The molecule has 4 N–H and O–H groups in total. The number of rotatable bonds is 13. The largest absolute Gasteiger partial charge is 0.528 e. The van der Waals surface area contributed by atoms with Gasteiger partial charge in [0.25, 0.3) is 0 Å². The highest BCUT2D eigenvalue weighted by molar-refractivity contribution is 6.05. The van der Waals surface area contributed by atoms with Crippen LogP contribution in [0.5, 0.6) is 0 Å². The molecule has 0 bridgehead atoms. The van der Waals surface area contributed by atoms with E-state index in [1.807, 2.05) is 34.6 Å². The van der Waals surface area contributed by atoms with Crippen molar-refractivity contribution in [2.75, 3.05) is 45.9 Å². The number of carbonyl (C=O) groups excluding carboxylic acids is 5. The first kappa shape index (κ1) is 33.2. The summed E-state index contributed by atoms with van der Waals surface area (Å²) in [6.45, 7) is 11.7. The number of hydrogen-bond donors (Lipinski definition) is 4. The summed E-state index contributed by atoms with van der Waals surface area (Å²) in [7, 11) is 5.05. The molecule has 1 saturated heterocycles. The van der Waals surface area contributed by atoms with Gasteiger partial charge in [-0.25, -0.2) is 4.79 Å². The van der Waals surface area contributed by atoms with E-state index in [0.29, 0.717) is 26.2 Å². The number of nitrogens with one attached hydrogen (secondary N) is 4. The third-order valence-corrected chi connectivity index (χ3v) is 5.65. The molecule has 1 heterocycles. The lowest BCUT2D eigenvalue weighted by molar-refractivity contribution is -0.129. The van der Waals surface area contributed by atoms with Crippen molar-refractivity contribution in [2.45, 2.75) is 71.6 Å². The molecular weight excluding hydrogens is 497 g/mol. The lowest BCUT2D eigenvalue weighted by Crippen LogP contribution is -2.54. The molecule has 1 aliphatic rings. The zero-order valence-electron chi connectivity index (χ0n) is 23.3. The maximum Gasteiger partial charge on any atom is 0.391 e. The van der Waals surface area contributed by atoms with Gasteiger partial charge in [-0.3, -0.25) is 19.2 Å². The molecule has 0 saturated carbocycles. The van der Waals surface area contributed by atoms with E-state index < -0.39 is 35.5 Å². The van der Waals surface area contributed by atoms with Crippen LogP contribution >= 0.6 is 0 Å². The number of piperidine rings is 1. The van der Waals surface area contributed by atoms with Gasteiger partial charge in [-0.2, -0.15) is 0 Å². The molecule has 1 aliphatic heterocycles. The molecule has 0 aromatic carbocycles. The fourth-order valence-electron chi connectivity index (χ4n) is 3.61. The Bertz CT molecular complexity index is 833. The summed E-state index contributed by atoms with van der Waals surface area (Å²) in [5.41, 5.74) is -0.795. The summed E-state index contributed by atoms with van der Waals surface area (Å²) in [6.07, 6.45) is -0.0852. The van der Waals surface area contributed by atoms with Crippen molar-refractivity contribution in [2.24, 2.45) is 5.92 Å². The van der Waals surface area contributed by atoms with Crippen LogP contribution in [-0.2, 0) is 33.3 Å². The smallest absolute Gasteiger partial charge is 0.391 e. The minimum Gasteiger partial charge on any atom is -0.528 e. The average molecular weight is 539 g/mol. The maximum atomic E-state index is 12.8. The third-order valence-electron chi connectivity index (χ3n) is 5.65. The predicted octanol–water partition coefficient (Wildman–Crippen LogP) is -0.618. The highest BCUT2D eigenvalue weighted by atomic mass is 16.6. The van der Waals surface area contributed by atoms with Crippen LogP contribution in [-0.4, -0.2) is 106 Å². The first-order valence-electron chi connectivity index (χ1n) is 12.6. The van der Waals surface area contributed by atoms with Crippen molar-refractivity contribution in [3.63, 3.8) is 0 Å². The summed E-state index contributed by atoms with van der Waals surface area (Å²) in [4.78, 5) is 60.9. The van der Waals surface area contributed by atoms with Crippen LogP contribution in [0.1, 0.15) is 54.4 Å². The molecule has 2 atom stereocenters. The molecule has 13 nitrogen and oxygen atoms in total. The lowest BCUT2D eigenvalue weighted by atomic mass is 9.90. The van der Waals surface area contributed by atoms with Crippen molar-refractivity contribution < 1.29 is 38.1 Å². The van der Waals surface area contributed by atoms with Gasteiger partial charge in [-0.1, -0.05) is 0 Å². The van der Waals surface area contributed by atoms with Crippen molar-refractivity contribution in [1.82, 2.24) is 26.2 Å². The van der Waals surface area contributed by atoms with E-state index in [0.717, 1.165) is 0 Å². The molecule has 0 aliphatic carbocycles. The van der Waals surface area contributed by atoms with Gasteiger partial charge in [-0.05, 0) is 47.5 Å². The number of carbonyl (C=O) groups is 5. The average Bonchev–Trinajstić information content (AvgIpc) is 2.85. The molecule has 1 rings (SSSR count). The van der Waals surface area contributed by atoms with E-state index in [1.165, 1.54) is 11.8 Å². The molecule has 38 heavy (non-hydrogen) atoms. The van der Waals surface area contributed by atoms with Gasteiger partial charge in [-0.15, -0.1) is 0 Å². The van der Waals surface area contributed by atoms with Crippen LogP contribution in [0.25, 0.3) is 0 Å². The second-order valence-electron chi connectivity index (χ2n) is 10.7. The summed E-state index contributed by atoms with van der Waals surface area (Å²) < 4.78 is 16.0. The summed E-state index contributed by atoms with van der Waals surface area (Å²) in [5.74, 6) is -1.96. The number of hydrogen-bond acceptors (Lipinski definition) is 8. The van der Waals surface area contributed by atoms with Crippen LogP contribution in [0.2, 0.25) is 0 Å². The molecule has 2 radical (unpaired) electrons. The van der Waals surface area contributed by atoms with Gasteiger partial charge < -0.3 is 40.3 Å². The van der Waals surface area contributed by atoms with Crippen molar-refractivity contribution in [1.29, 1.82) is 0 Å². The molecule has 0 aromatic heterocycles.